The van der Waals surface area contributed by atoms with Crippen LogP contribution in [0.15, 0.2) is 55.0 Å². The zero-order valence-corrected chi connectivity index (χ0v) is 17.6. The van der Waals surface area contributed by atoms with Crippen LogP contribution in [-0.4, -0.2) is 48.6 Å². The van der Waals surface area contributed by atoms with E-state index in [2.05, 4.69) is 33.0 Å². The van der Waals surface area contributed by atoms with Gasteiger partial charge in [-0.1, -0.05) is 12.6 Å². The van der Waals surface area contributed by atoms with Crippen molar-refractivity contribution in [3.63, 3.8) is 0 Å². The lowest BCUT2D eigenvalue weighted by molar-refractivity contribution is -0.127. The SMILES string of the molecule is C=CC(=O)N1CCC[C@@H](n2nc(-c3cc(-c4cccnc4)cs3)c3c(N)ncnc32)C1. The number of anilines is 1. The first kappa shape index (κ1) is 19.4. The summed E-state index contributed by atoms with van der Waals surface area (Å²) in [5, 5.41) is 7.77. The molecule has 5 rings (SSSR count). The minimum absolute atomic E-state index is 0.0148. The van der Waals surface area contributed by atoms with E-state index in [4.69, 9.17) is 10.8 Å². The van der Waals surface area contributed by atoms with Crippen LogP contribution >= 0.6 is 11.3 Å². The largest absolute Gasteiger partial charge is 0.383 e. The summed E-state index contributed by atoms with van der Waals surface area (Å²) in [7, 11) is 0. The summed E-state index contributed by atoms with van der Waals surface area (Å²) in [4.78, 5) is 27.9. The van der Waals surface area contributed by atoms with Crippen LogP contribution in [0.25, 0.3) is 32.7 Å². The molecule has 156 valence electrons. The maximum Gasteiger partial charge on any atom is 0.246 e. The van der Waals surface area contributed by atoms with Gasteiger partial charge in [-0.2, -0.15) is 5.10 Å². The summed E-state index contributed by atoms with van der Waals surface area (Å²) in [6.07, 6.45) is 8.23. The first-order valence-electron chi connectivity index (χ1n) is 10.0. The second-order valence-electron chi connectivity index (χ2n) is 7.48. The topological polar surface area (TPSA) is 103 Å². The Morgan fingerprint density at radius 1 is 1.32 bits per heavy atom. The maximum absolute atomic E-state index is 12.2. The predicted octanol–water partition coefficient (Wildman–Crippen LogP) is 3.55. The minimum atomic E-state index is -0.0603. The molecule has 1 saturated heterocycles. The number of nitrogens with two attached hydrogens (primary N) is 1. The van der Waals surface area contributed by atoms with E-state index in [9.17, 15) is 4.79 Å². The van der Waals surface area contributed by atoms with Gasteiger partial charge in [0.05, 0.1) is 16.3 Å². The van der Waals surface area contributed by atoms with E-state index in [0.717, 1.165) is 46.5 Å². The third kappa shape index (κ3) is 3.46. The van der Waals surface area contributed by atoms with Crippen LogP contribution in [-0.2, 0) is 4.79 Å². The Labute approximate surface area is 183 Å². The monoisotopic (exact) mass is 431 g/mol. The van der Waals surface area contributed by atoms with E-state index in [1.54, 1.807) is 17.5 Å². The summed E-state index contributed by atoms with van der Waals surface area (Å²) < 4.78 is 1.91. The quantitative estimate of drug-likeness (QED) is 0.496. The van der Waals surface area contributed by atoms with Crippen molar-refractivity contribution in [3.05, 3.63) is 55.0 Å². The molecule has 0 saturated carbocycles. The minimum Gasteiger partial charge on any atom is -0.383 e. The highest BCUT2D eigenvalue weighted by atomic mass is 32.1. The van der Waals surface area contributed by atoms with Crippen LogP contribution in [0.5, 0.6) is 0 Å². The summed E-state index contributed by atoms with van der Waals surface area (Å²) in [5.41, 5.74) is 9.84. The van der Waals surface area contributed by atoms with Gasteiger partial charge in [-0.15, -0.1) is 11.3 Å². The van der Waals surface area contributed by atoms with Crippen molar-refractivity contribution in [3.8, 4) is 21.7 Å². The number of amides is 1. The molecule has 4 aromatic rings. The summed E-state index contributed by atoms with van der Waals surface area (Å²) in [5.74, 6) is 0.340. The second-order valence-corrected chi connectivity index (χ2v) is 8.39. The molecule has 8 nitrogen and oxygen atoms in total. The number of thiophene rings is 1. The van der Waals surface area contributed by atoms with Crippen molar-refractivity contribution in [1.82, 2.24) is 29.6 Å². The number of aromatic nitrogens is 5. The fraction of sp³-hybridized carbons (Fsp3) is 0.227. The lowest BCUT2D eigenvalue weighted by Crippen LogP contribution is -2.40. The first-order chi connectivity index (χ1) is 15.2. The van der Waals surface area contributed by atoms with Gasteiger partial charge < -0.3 is 10.6 Å². The fourth-order valence-electron chi connectivity index (χ4n) is 4.05. The van der Waals surface area contributed by atoms with Crippen molar-refractivity contribution in [2.45, 2.75) is 18.9 Å². The van der Waals surface area contributed by atoms with E-state index in [1.165, 1.54) is 12.4 Å². The molecule has 0 aliphatic carbocycles. The maximum atomic E-state index is 12.2. The van der Waals surface area contributed by atoms with Gasteiger partial charge in [0.25, 0.3) is 0 Å². The molecule has 0 spiro atoms. The third-order valence-corrected chi connectivity index (χ3v) is 6.51. The van der Waals surface area contributed by atoms with Gasteiger partial charge in [0.1, 0.15) is 17.8 Å². The lowest BCUT2D eigenvalue weighted by Gasteiger charge is -2.32. The van der Waals surface area contributed by atoms with E-state index in [0.29, 0.717) is 18.0 Å². The van der Waals surface area contributed by atoms with Gasteiger partial charge in [0.2, 0.25) is 5.91 Å². The number of carbonyl (C=O) groups excluding carboxylic acids is 1. The van der Waals surface area contributed by atoms with Gasteiger partial charge in [-0.25, -0.2) is 14.6 Å². The number of fused-ring (bicyclic) bond motifs is 1. The van der Waals surface area contributed by atoms with E-state index in [-0.39, 0.29) is 11.9 Å². The average molecular weight is 432 g/mol. The highest BCUT2D eigenvalue weighted by Gasteiger charge is 2.28. The Kier molecular flexibility index (Phi) is 4.95. The number of pyridine rings is 1. The van der Waals surface area contributed by atoms with E-state index in [1.807, 2.05) is 27.9 Å². The average Bonchev–Trinajstić information content (AvgIpc) is 3.45. The molecule has 0 bridgehead atoms. The van der Waals surface area contributed by atoms with Crippen LogP contribution in [0.3, 0.4) is 0 Å². The zero-order chi connectivity index (χ0) is 21.4. The number of nitrogen functional groups attached to an aromatic ring is 1. The molecule has 1 atom stereocenters. The molecular weight excluding hydrogens is 410 g/mol. The summed E-state index contributed by atoms with van der Waals surface area (Å²) in [6.45, 7) is 4.90. The van der Waals surface area contributed by atoms with E-state index < -0.39 is 0 Å². The Morgan fingerprint density at radius 2 is 2.23 bits per heavy atom. The number of hydrogen-bond donors (Lipinski definition) is 1. The van der Waals surface area contributed by atoms with Crippen LogP contribution in [0, 0.1) is 0 Å². The Balaban J connectivity index is 1.58. The van der Waals surface area contributed by atoms with Crippen LogP contribution in [0.1, 0.15) is 18.9 Å². The fourth-order valence-corrected chi connectivity index (χ4v) is 4.96. The van der Waals surface area contributed by atoms with Gasteiger partial charge in [-0.3, -0.25) is 9.78 Å². The van der Waals surface area contributed by atoms with Crippen molar-refractivity contribution in [2.75, 3.05) is 18.8 Å². The van der Waals surface area contributed by atoms with Crippen LogP contribution in [0.2, 0.25) is 0 Å². The van der Waals surface area contributed by atoms with Gasteiger partial charge in [0, 0.05) is 31.0 Å². The number of likely N-dealkylation sites (tertiary alicyclic amines) is 1. The van der Waals surface area contributed by atoms with Gasteiger partial charge in [-0.05, 0) is 42.0 Å². The molecule has 1 aliphatic rings. The molecule has 2 N–H and O–H groups in total. The molecule has 31 heavy (non-hydrogen) atoms. The van der Waals surface area contributed by atoms with E-state index >= 15 is 0 Å². The summed E-state index contributed by atoms with van der Waals surface area (Å²) >= 11 is 1.60. The molecule has 0 unspecified atom stereocenters. The third-order valence-electron chi connectivity index (χ3n) is 5.57. The lowest BCUT2D eigenvalue weighted by atomic mass is 10.1. The molecule has 1 aliphatic heterocycles. The molecule has 0 aromatic carbocycles. The molecule has 0 radical (unpaired) electrons. The highest BCUT2D eigenvalue weighted by Crippen LogP contribution is 2.38. The Hall–Kier alpha value is -3.59. The van der Waals surface area contributed by atoms with Gasteiger partial charge >= 0.3 is 0 Å². The molecular formula is C22H21N7OS. The first-order valence-corrected chi connectivity index (χ1v) is 10.9. The molecule has 4 aromatic heterocycles. The number of hydrogen-bond acceptors (Lipinski definition) is 7. The summed E-state index contributed by atoms with van der Waals surface area (Å²) in [6, 6.07) is 6.05. The van der Waals surface area contributed by atoms with Crippen LogP contribution in [0.4, 0.5) is 5.82 Å². The van der Waals surface area contributed by atoms with Crippen LogP contribution < -0.4 is 5.73 Å². The van der Waals surface area contributed by atoms with Crippen molar-refractivity contribution >= 4 is 34.1 Å². The zero-order valence-electron chi connectivity index (χ0n) is 16.8. The number of rotatable bonds is 4. The standard InChI is InChI=1S/C22H21N7OS/c1-2-18(30)28-8-4-6-16(11-28)29-22-19(21(23)25-13-26-22)20(27-29)17-9-15(12-31-17)14-5-3-7-24-10-14/h2-3,5,7,9-10,12-13,16H,1,4,6,8,11H2,(H2,23,25,26)/t16-/m1/s1. The molecule has 1 amide bonds. The smallest absolute Gasteiger partial charge is 0.246 e. The number of piperidine rings is 1. The Morgan fingerprint density at radius 3 is 3.03 bits per heavy atom. The molecule has 1 fully saturated rings. The molecule has 9 heteroatoms. The predicted molar refractivity (Wildman–Crippen MR) is 121 cm³/mol. The highest BCUT2D eigenvalue weighted by molar-refractivity contribution is 7.14. The van der Waals surface area contributed by atoms with Gasteiger partial charge in [0.15, 0.2) is 5.65 Å². The number of carbonyl (C=O) groups is 1. The number of nitrogens with zero attached hydrogens (tertiary/aromatic N) is 6. The Bertz CT molecular complexity index is 1260. The normalized spacial score (nSPS) is 16.5. The second kappa shape index (κ2) is 7.92. The van der Waals surface area contributed by atoms with Crippen molar-refractivity contribution in [2.24, 2.45) is 0 Å². The van der Waals surface area contributed by atoms with Crippen molar-refractivity contribution < 1.29 is 4.79 Å². The van der Waals surface area contributed by atoms with Crippen molar-refractivity contribution in [1.29, 1.82) is 0 Å². The molecule has 5 heterocycles.